The second-order valence-corrected chi connectivity index (χ2v) is 9.13. The molecule has 1 aromatic rings. The number of ether oxygens (including phenoxy) is 1. The first kappa shape index (κ1) is 21.8. The summed E-state index contributed by atoms with van der Waals surface area (Å²) in [6, 6.07) is 2.03. The molecule has 3 rings (SSSR count). The summed E-state index contributed by atoms with van der Waals surface area (Å²) in [6.07, 6.45) is 7.19. The first-order chi connectivity index (χ1) is 13.8. The number of amides is 2. The molecule has 0 bridgehead atoms. The van der Waals surface area contributed by atoms with E-state index in [9.17, 15) is 9.59 Å². The molecule has 1 unspecified atom stereocenters. The number of hydrogen-bond acceptors (Lipinski definition) is 5. The average molecular weight is 406 g/mol. The Morgan fingerprint density at radius 3 is 2.69 bits per heavy atom. The number of nitrogens with zero attached hydrogens (tertiary/aromatic N) is 3. The van der Waals surface area contributed by atoms with Crippen molar-refractivity contribution in [2.75, 3.05) is 33.8 Å². The van der Waals surface area contributed by atoms with Crippen molar-refractivity contribution in [2.45, 2.75) is 70.8 Å². The minimum Gasteiger partial charge on any atom is -0.369 e. The van der Waals surface area contributed by atoms with Crippen molar-refractivity contribution in [2.24, 2.45) is 5.41 Å². The number of likely N-dealkylation sites (tertiary alicyclic amines) is 1. The summed E-state index contributed by atoms with van der Waals surface area (Å²) in [5.41, 5.74) is 0.351. The Hall–Kier alpha value is -1.89. The lowest BCUT2D eigenvalue weighted by atomic mass is 9.80. The van der Waals surface area contributed by atoms with Crippen molar-refractivity contribution in [1.82, 2.24) is 15.0 Å². The lowest BCUT2D eigenvalue weighted by Gasteiger charge is -2.30. The fraction of sp³-hybridized carbons (Fsp3) is 0.773. The molecule has 2 amide bonds. The van der Waals surface area contributed by atoms with Gasteiger partial charge < -0.3 is 19.1 Å². The van der Waals surface area contributed by atoms with Crippen molar-refractivity contribution < 1.29 is 18.8 Å². The maximum Gasteiger partial charge on any atom is 0.248 e. The van der Waals surface area contributed by atoms with Gasteiger partial charge in [-0.2, -0.15) is 0 Å². The zero-order valence-corrected chi connectivity index (χ0v) is 18.3. The first-order valence-corrected chi connectivity index (χ1v) is 10.9. The smallest absolute Gasteiger partial charge is 0.248 e. The van der Waals surface area contributed by atoms with Crippen LogP contribution in [-0.2, 0) is 20.7 Å². The van der Waals surface area contributed by atoms with E-state index in [0.29, 0.717) is 31.8 Å². The Bertz CT molecular complexity index is 709. The van der Waals surface area contributed by atoms with Crippen LogP contribution in [0.4, 0.5) is 0 Å². The van der Waals surface area contributed by atoms with Crippen molar-refractivity contribution in [3.8, 4) is 0 Å². The van der Waals surface area contributed by atoms with Gasteiger partial charge in [-0.05, 0) is 33.1 Å². The van der Waals surface area contributed by atoms with Crippen LogP contribution in [0.25, 0.3) is 0 Å². The summed E-state index contributed by atoms with van der Waals surface area (Å²) in [4.78, 5) is 29.0. The van der Waals surface area contributed by atoms with Gasteiger partial charge in [0.25, 0.3) is 0 Å². The van der Waals surface area contributed by atoms with E-state index in [1.54, 1.807) is 23.9 Å². The lowest BCUT2D eigenvalue weighted by molar-refractivity contribution is -0.141. The van der Waals surface area contributed by atoms with Crippen LogP contribution in [0.5, 0.6) is 0 Å². The summed E-state index contributed by atoms with van der Waals surface area (Å²) in [5.74, 6) is 1.19. The normalized spacial score (nSPS) is 23.0. The highest BCUT2D eigenvalue weighted by molar-refractivity contribution is 5.85. The minimum absolute atomic E-state index is 0.00196. The van der Waals surface area contributed by atoms with E-state index in [1.807, 2.05) is 19.9 Å². The number of aromatic nitrogens is 1. The maximum atomic E-state index is 13.1. The number of hydrogen-bond donors (Lipinski definition) is 0. The van der Waals surface area contributed by atoms with Crippen molar-refractivity contribution in [3.05, 3.63) is 17.5 Å². The molecule has 1 aliphatic heterocycles. The average Bonchev–Trinajstić information content (AvgIpc) is 3.34. The molecule has 162 valence electrons. The number of carbonyl (C=O) groups excluding carboxylic acids is 2. The van der Waals surface area contributed by atoms with E-state index >= 15 is 0 Å². The van der Waals surface area contributed by atoms with E-state index in [2.05, 4.69) is 5.16 Å². The van der Waals surface area contributed by atoms with E-state index in [4.69, 9.17) is 9.26 Å². The van der Waals surface area contributed by atoms with Crippen LogP contribution in [0.15, 0.2) is 10.6 Å². The lowest BCUT2D eigenvalue weighted by Crippen LogP contribution is -2.45. The molecule has 0 aromatic carbocycles. The third-order valence-electron chi connectivity index (χ3n) is 6.22. The SMILES string of the molecule is CC(C)OCC(=O)N1CCC(Cc2cc(C3CCCCC3)no2)(C(=O)N(C)C)C1. The summed E-state index contributed by atoms with van der Waals surface area (Å²) >= 11 is 0. The highest BCUT2D eigenvalue weighted by Crippen LogP contribution is 2.38. The number of rotatable bonds is 7. The fourth-order valence-electron chi connectivity index (χ4n) is 4.62. The molecule has 7 nitrogen and oxygen atoms in total. The largest absolute Gasteiger partial charge is 0.369 e. The van der Waals surface area contributed by atoms with Crippen molar-refractivity contribution >= 4 is 11.8 Å². The molecule has 1 saturated heterocycles. The van der Waals surface area contributed by atoms with Crippen molar-refractivity contribution in [1.29, 1.82) is 0 Å². The van der Waals surface area contributed by atoms with Gasteiger partial charge in [0.1, 0.15) is 12.4 Å². The van der Waals surface area contributed by atoms with Crippen LogP contribution in [-0.4, -0.2) is 66.7 Å². The molecular weight excluding hydrogens is 370 g/mol. The highest BCUT2D eigenvalue weighted by atomic mass is 16.5. The summed E-state index contributed by atoms with van der Waals surface area (Å²) < 4.78 is 11.1. The molecular formula is C22H35N3O4. The summed E-state index contributed by atoms with van der Waals surface area (Å²) in [7, 11) is 3.54. The van der Waals surface area contributed by atoms with E-state index in [-0.39, 0.29) is 24.5 Å². The van der Waals surface area contributed by atoms with Crippen LogP contribution in [0.2, 0.25) is 0 Å². The molecule has 0 spiro atoms. The van der Waals surface area contributed by atoms with Crippen LogP contribution >= 0.6 is 0 Å². The highest BCUT2D eigenvalue weighted by Gasteiger charge is 2.47. The van der Waals surface area contributed by atoms with Gasteiger partial charge in [0.15, 0.2) is 0 Å². The van der Waals surface area contributed by atoms with E-state index < -0.39 is 5.41 Å². The van der Waals surface area contributed by atoms with Gasteiger partial charge in [0.2, 0.25) is 11.8 Å². The fourth-order valence-corrected chi connectivity index (χ4v) is 4.62. The zero-order chi connectivity index (χ0) is 21.0. The Morgan fingerprint density at radius 1 is 1.31 bits per heavy atom. The van der Waals surface area contributed by atoms with Crippen LogP contribution < -0.4 is 0 Å². The Balaban J connectivity index is 1.72. The molecule has 0 radical (unpaired) electrons. The standard InChI is InChI=1S/C22H35N3O4/c1-16(2)28-14-20(26)25-11-10-22(15-25,21(27)24(3)4)13-18-12-19(23-29-18)17-8-6-5-7-9-17/h12,16-17H,5-11,13-15H2,1-4H3. The molecule has 1 saturated carbocycles. The molecule has 0 N–H and O–H groups in total. The quantitative estimate of drug-likeness (QED) is 0.697. The predicted octanol–water partition coefficient (Wildman–Crippen LogP) is 3.00. The Kier molecular flexibility index (Phi) is 6.98. The molecule has 1 aromatic heterocycles. The predicted molar refractivity (Wildman–Crippen MR) is 109 cm³/mol. The molecule has 2 aliphatic rings. The van der Waals surface area contributed by atoms with Crippen LogP contribution in [0.1, 0.15) is 69.7 Å². The van der Waals surface area contributed by atoms with Gasteiger partial charge in [0.05, 0.1) is 17.2 Å². The summed E-state index contributed by atoms with van der Waals surface area (Å²) in [6.45, 7) is 4.82. The third kappa shape index (κ3) is 5.18. The maximum absolute atomic E-state index is 13.1. The van der Waals surface area contributed by atoms with Gasteiger partial charge in [-0.3, -0.25) is 9.59 Å². The monoisotopic (exact) mass is 405 g/mol. The first-order valence-electron chi connectivity index (χ1n) is 10.9. The van der Waals surface area contributed by atoms with Gasteiger partial charge in [-0.25, -0.2) is 0 Å². The topological polar surface area (TPSA) is 75.9 Å². The Morgan fingerprint density at radius 2 is 2.03 bits per heavy atom. The van der Waals surface area contributed by atoms with Gasteiger partial charge >= 0.3 is 0 Å². The molecule has 1 atom stereocenters. The zero-order valence-electron chi connectivity index (χ0n) is 18.3. The molecule has 2 fully saturated rings. The van der Waals surface area contributed by atoms with Gasteiger partial charge in [-0.15, -0.1) is 0 Å². The minimum atomic E-state index is -0.666. The van der Waals surface area contributed by atoms with E-state index in [1.165, 1.54) is 19.3 Å². The summed E-state index contributed by atoms with van der Waals surface area (Å²) in [5, 5.41) is 4.32. The Labute approximate surface area is 173 Å². The molecule has 1 aliphatic carbocycles. The molecule has 2 heterocycles. The van der Waals surface area contributed by atoms with E-state index in [0.717, 1.165) is 24.3 Å². The number of carbonyl (C=O) groups is 2. The van der Waals surface area contributed by atoms with Crippen molar-refractivity contribution in [3.63, 3.8) is 0 Å². The second-order valence-electron chi connectivity index (χ2n) is 9.13. The second kappa shape index (κ2) is 9.28. The van der Waals surface area contributed by atoms with Gasteiger partial charge in [0, 0.05) is 45.6 Å². The third-order valence-corrected chi connectivity index (χ3v) is 6.22. The molecule has 7 heteroatoms. The van der Waals surface area contributed by atoms with Gasteiger partial charge in [-0.1, -0.05) is 24.4 Å². The van der Waals surface area contributed by atoms with Crippen LogP contribution in [0.3, 0.4) is 0 Å². The van der Waals surface area contributed by atoms with Crippen LogP contribution in [0, 0.1) is 5.41 Å². The molecule has 29 heavy (non-hydrogen) atoms.